The molecular weight excluding hydrogens is 354 g/mol. The Morgan fingerprint density at radius 1 is 1.00 bits per heavy atom. The molecule has 0 saturated carbocycles. The van der Waals surface area contributed by atoms with Gasteiger partial charge in [-0.2, -0.15) is 0 Å². The fourth-order valence-electron chi connectivity index (χ4n) is 2.98. The molecule has 6 heteroatoms. The third-order valence-electron chi connectivity index (χ3n) is 4.42. The number of ether oxygens (including phenoxy) is 2. The van der Waals surface area contributed by atoms with E-state index in [0.717, 1.165) is 36.8 Å². The predicted octanol–water partition coefficient (Wildman–Crippen LogP) is 3.06. The molecule has 0 spiro atoms. The highest BCUT2D eigenvalue weighted by molar-refractivity contribution is 5.79. The van der Waals surface area contributed by atoms with Crippen LogP contribution in [0.25, 0.3) is 0 Å². The molecule has 6 nitrogen and oxygen atoms in total. The van der Waals surface area contributed by atoms with Crippen LogP contribution in [0.5, 0.6) is 17.2 Å². The molecule has 0 aliphatic heterocycles. The van der Waals surface area contributed by atoms with E-state index in [4.69, 9.17) is 9.47 Å². The summed E-state index contributed by atoms with van der Waals surface area (Å²) >= 11 is 0. The van der Waals surface area contributed by atoms with Crippen LogP contribution in [0, 0.1) is 6.92 Å². The Hall–Kier alpha value is -2.89. The third-order valence-corrected chi connectivity index (χ3v) is 4.42. The Balaban J connectivity index is 1.93. The summed E-state index contributed by atoms with van der Waals surface area (Å²) in [5.74, 6) is 2.34. The maximum Gasteiger partial charge on any atom is 0.191 e. The monoisotopic (exact) mass is 385 g/mol. The molecule has 0 heterocycles. The van der Waals surface area contributed by atoms with Gasteiger partial charge in [-0.1, -0.05) is 29.8 Å². The van der Waals surface area contributed by atoms with E-state index in [-0.39, 0.29) is 5.75 Å². The van der Waals surface area contributed by atoms with Crippen LogP contribution in [0.1, 0.15) is 23.6 Å². The van der Waals surface area contributed by atoms with E-state index in [9.17, 15) is 5.11 Å². The molecule has 0 amide bonds. The quantitative estimate of drug-likeness (QED) is 0.457. The lowest BCUT2D eigenvalue weighted by Gasteiger charge is -2.13. The van der Waals surface area contributed by atoms with Crippen molar-refractivity contribution in [2.45, 2.75) is 26.7 Å². The zero-order valence-electron chi connectivity index (χ0n) is 17.2. The molecule has 2 aromatic carbocycles. The van der Waals surface area contributed by atoms with Crippen molar-refractivity contribution in [1.82, 2.24) is 10.6 Å². The molecule has 0 bridgehead atoms. The zero-order chi connectivity index (χ0) is 20.4. The minimum atomic E-state index is 0.185. The van der Waals surface area contributed by atoms with E-state index < -0.39 is 0 Å². The first-order valence-electron chi connectivity index (χ1n) is 9.59. The van der Waals surface area contributed by atoms with E-state index in [0.29, 0.717) is 18.7 Å². The van der Waals surface area contributed by atoms with Gasteiger partial charge in [0.05, 0.1) is 14.2 Å². The predicted molar refractivity (Wildman–Crippen MR) is 114 cm³/mol. The van der Waals surface area contributed by atoms with Crippen LogP contribution in [0.4, 0.5) is 0 Å². The van der Waals surface area contributed by atoms with Gasteiger partial charge in [0, 0.05) is 19.6 Å². The van der Waals surface area contributed by atoms with Gasteiger partial charge in [-0.25, -0.2) is 0 Å². The van der Waals surface area contributed by atoms with Crippen molar-refractivity contribution in [3.8, 4) is 17.2 Å². The third kappa shape index (κ3) is 6.08. The molecule has 0 atom stereocenters. The lowest BCUT2D eigenvalue weighted by atomic mass is 10.1. The highest BCUT2D eigenvalue weighted by atomic mass is 16.5. The molecular formula is C22H31N3O3. The van der Waals surface area contributed by atoms with Gasteiger partial charge in [0.25, 0.3) is 0 Å². The topological polar surface area (TPSA) is 75.1 Å². The Bertz CT molecular complexity index is 791. The number of aryl methyl sites for hydroxylation is 1. The summed E-state index contributed by atoms with van der Waals surface area (Å²) in [7, 11) is 3.24. The van der Waals surface area contributed by atoms with Crippen LogP contribution < -0.4 is 20.1 Å². The number of rotatable bonds is 9. The molecule has 0 aliphatic carbocycles. The zero-order valence-corrected chi connectivity index (χ0v) is 17.2. The van der Waals surface area contributed by atoms with Crippen LogP contribution in [-0.2, 0) is 12.8 Å². The highest BCUT2D eigenvalue weighted by Crippen LogP contribution is 2.29. The van der Waals surface area contributed by atoms with E-state index in [1.807, 2.05) is 25.1 Å². The smallest absolute Gasteiger partial charge is 0.191 e. The van der Waals surface area contributed by atoms with Crippen molar-refractivity contribution in [3.05, 3.63) is 53.1 Å². The van der Waals surface area contributed by atoms with E-state index >= 15 is 0 Å². The molecule has 3 N–H and O–H groups in total. The van der Waals surface area contributed by atoms with Crippen molar-refractivity contribution in [2.75, 3.05) is 33.9 Å². The lowest BCUT2D eigenvalue weighted by molar-refractivity contribution is 0.370. The SMILES string of the molecule is CCNC(=NCCc1cccc(OC)c1O)NCCc1cc(C)ccc1OC. The van der Waals surface area contributed by atoms with Gasteiger partial charge in [-0.15, -0.1) is 0 Å². The van der Waals surface area contributed by atoms with Crippen LogP contribution in [-0.4, -0.2) is 44.9 Å². The van der Waals surface area contributed by atoms with E-state index in [1.165, 1.54) is 11.1 Å². The van der Waals surface area contributed by atoms with Crippen LogP contribution in [0.15, 0.2) is 41.4 Å². The minimum Gasteiger partial charge on any atom is -0.504 e. The van der Waals surface area contributed by atoms with Crippen LogP contribution in [0.3, 0.4) is 0 Å². The van der Waals surface area contributed by atoms with Gasteiger partial charge in [-0.05, 0) is 49.9 Å². The van der Waals surface area contributed by atoms with Crippen molar-refractivity contribution in [3.63, 3.8) is 0 Å². The second-order valence-corrected chi connectivity index (χ2v) is 6.47. The van der Waals surface area contributed by atoms with Gasteiger partial charge in [0.2, 0.25) is 0 Å². The maximum absolute atomic E-state index is 10.2. The molecule has 0 saturated heterocycles. The molecule has 152 valence electrons. The number of methoxy groups -OCH3 is 2. The number of aromatic hydroxyl groups is 1. The van der Waals surface area contributed by atoms with E-state index in [1.54, 1.807) is 20.3 Å². The lowest BCUT2D eigenvalue weighted by Crippen LogP contribution is -2.38. The van der Waals surface area contributed by atoms with Crippen molar-refractivity contribution in [2.24, 2.45) is 4.99 Å². The second-order valence-electron chi connectivity index (χ2n) is 6.47. The average molecular weight is 386 g/mol. The minimum absolute atomic E-state index is 0.185. The second kappa shape index (κ2) is 11.1. The molecule has 0 aliphatic rings. The molecule has 0 fully saturated rings. The largest absolute Gasteiger partial charge is 0.504 e. The van der Waals surface area contributed by atoms with Crippen LogP contribution >= 0.6 is 0 Å². The Morgan fingerprint density at radius 3 is 2.50 bits per heavy atom. The fourth-order valence-corrected chi connectivity index (χ4v) is 2.98. The number of phenolic OH excluding ortho intramolecular Hbond substituents is 1. The van der Waals surface area contributed by atoms with Gasteiger partial charge in [0.1, 0.15) is 5.75 Å². The summed E-state index contributed by atoms with van der Waals surface area (Å²) in [5, 5.41) is 16.8. The number of hydrogen-bond donors (Lipinski definition) is 3. The maximum atomic E-state index is 10.2. The number of nitrogens with one attached hydrogen (secondary N) is 2. The molecule has 28 heavy (non-hydrogen) atoms. The molecule has 2 rings (SSSR count). The van der Waals surface area contributed by atoms with Crippen LogP contribution in [0.2, 0.25) is 0 Å². The highest BCUT2D eigenvalue weighted by Gasteiger charge is 2.07. The number of benzene rings is 2. The average Bonchev–Trinajstić information content (AvgIpc) is 2.69. The fraction of sp³-hybridized carbons (Fsp3) is 0.409. The number of guanidine groups is 1. The summed E-state index contributed by atoms with van der Waals surface area (Å²) < 4.78 is 10.6. The first-order chi connectivity index (χ1) is 13.6. The Morgan fingerprint density at radius 2 is 1.79 bits per heavy atom. The number of para-hydroxylation sites is 1. The van der Waals surface area contributed by atoms with Crippen molar-refractivity contribution < 1.29 is 14.6 Å². The standard InChI is InChI=1S/C22H31N3O3/c1-5-23-22(24-13-11-17-7-6-8-20(28-4)21(17)26)25-14-12-18-15-16(2)9-10-19(18)27-3/h6-10,15,26H,5,11-14H2,1-4H3,(H2,23,24,25). The normalized spacial score (nSPS) is 11.2. The molecule has 0 radical (unpaired) electrons. The summed E-state index contributed by atoms with van der Waals surface area (Å²) in [6, 6.07) is 11.7. The molecule has 2 aromatic rings. The summed E-state index contributed by atoms with van der Waals surface area (Å²) in [4.78, 5) is 4.61. The first-order valence-corrected chi connectivity index (χ1v) is 9.59. The van der Waals surface area contributed by atoms with Crippen molar-refractivity contribution in [1.29, 1.82) is 0 Å². The Labute approximate surface area is 167 Å². The molecule has 0 unspecified atom stereocenters. The van der Waals surface area contributed by atoms with Gasteiger partial charge >= 0.3 is 0 Å². The van der Waals surface area contributed by atoms with E-state index in [2.05, 4.69) is 34.7 Å². The first kappa shape index (κ1) is 21.4. The number of hydrogen-bond acceptors (Lipinski definition) is 4. The van der Waals surface area contributed by atoms with Gasteiger partial charge < -0.3 is 25.2 Å². The number of nitrogens with zero attached hydrogens (tertiary/aromatic N) is 1. The number of aliphatic imine (C=N–C) groups is 1. The van der Waals surface area contributed by atoms with Gasteiger partial charge in [0.15, 0.2) is 17.5 Å². The molecule has 0 aromatic heterocycles. The summed E-state index contributed by atoms with van der Waals surface area (Å²) in [5.41, 5.74) is 3.21. The van der Waals surface area contributed by atoms with Crippen molar-refractivity contribution >= 4 is 5.96 Å². The summed E-state index contributed by atoms with van der Waals surface area (Å²) in [6.07, 6.45) is 1.47. The Kier molecular flexibility index (Phi) is 8.46. The number of phenols is 1. The van der Waals surface area contributed by atoms with Gasteiger partial charge in [-0.3, -0.25) is 4.99 Å². The summed E-state index contributed by atoms with van der Waals surface area (Å²) in [6.45, 7) is 6.20.